The van der Waals surface area contributed by atoms with Crippen LogP contribution in [0.25, 0.3) is 22.4 Å². The molecule has 0 aliphatic rings. The maximum Gasteiger partial charge on any atom is 0.195 e. The number of rotatable bonds is 3. The lowest BCUT2D eigenvalue weighted by Gasteiger charge is -1.98. The Bertz CT molecular complexity index is 991. The van der Waals surface area contributed by atoms with Crippen molar-refractivity contribution in [3.05, 3.63) is 82.0 Å². The van der Waals surface area contributed by atoms with E-state index in [1.807, 2.05) is 30.3 Å². The standard InChI is InChI=1S/C19H13BrClN3/c20-15-5-1-13(2-6-15)11-24-10-9-17-18(12-24)23-19(22-17)14-3-7-16(21)8-4-14/h1-10,12H,11H2/p+1. The number of H-pyrrole nitrogens is 1. The fourth-order valence-corrected chi connectivity index (χ4v) is 3.03. The van der Waals surface area contributed by atoms with E-state index in [4.69, 9.17) is 11.6 Å². The molecule has 2 heterocycles. The predicted octanol–water partition coefficient (Wildman–Crippen LogP) is 4.98. The first kappa shape index (κ1) is 15.4. The number of imidazole rings is 1. The van der Waals surface area contributed by atoms with Crippen LogP contribution in [0.3, 0.4) is 0 Å². The van der Waals surface area contributed by atoms with E-state index >= 15 is 0 Å². The summed E-state index contributed by atoms with van der Waals surface area (Å²) >= 11 is 9.41. The Morgan fingerprint density at radius 3 is 2.50 bits per heavy atom. The highest BCUT2D eigenvalue weighted by Gasteiger charge is 2.10. The zero-order valence-corrected chi connectivity index (χ0v) is 15.1. The molecule has 0 aliphatic carbocycles. The van der Waals surface area contributed by atoms with Crippen LogP contribution in [-0.4, -0.2) is 9.97 Å². The number of nitrogens with zero attached hydrogens (tertiary/aromatic N) is 2. The van der Waals surface area contributed by atoms with Crippen LogP contribution in [0.4, 0.5) is 0 Å². The Morgan fingerprint density at radius 2 is 1.75 bits per heavy atom. The highest BCUT2D eigenvalue weighted by atomic mass is 79.9. The molecular weight excluding hydrogens is 386 g/mol. The topological polar surface area (TPSA) is 32.6 Å². The zero-order chi connectivity index (χ0) is 16.5. The molecule has 0 atom stereocenters. The Kier molecular flexibility index (Phi) is 4.08. The first-order chi connectivity index (χ1) is 11.7. The van der Waals surface area contributed by atoms with E-state index < -0.39 is 0 Å². The number of benzene rings is 2. The van der Waals surface area contributed by atoms with Crippen LogP contribution in [0, 0.1) is 0 Å². The third-order valence-corrected chi connectivity index (χ3v) is 4.66. The monoisotopic (exact) mass is 398 g/mol. The molecule has 0 radical (unpaired) electrons. The summed E-state index contributed by atoms with van der Waals surface area (Å²) in [7, 11) is 0. The Balaban J connectivity index is 1.65. The molecule has 24 heavy (non-hydrogen) atoms. The van der Waals surface area contributed by atoms with Gasteiger partial charge in [0.05, 0.1) is 0 Å². The lowest BCUT2D eigenvalue weighted by Crippen LogP contribution is -2.33. The number of aromatic amines is 1. The highest BCUT2D eigenvalue weighted by molar-refractivity contribution is 9.10. The van der Waals surface area contributed by atoms with Gasteiger partial charge in [0.15, 0.2) is 18.9 Å². The second kappa shape index (κ2) is 6.38. The Hall–Kier alpha value is -2.17. The molecule has 0 unspecified atom stereocenters. The van der Waals surface area contributed by atoms with Gasteiger partial charge in [0.2, 0.25) is 0 Å². The second-order valence-electron chi connectivity index (χ2n) is 5.63. The largest absolute Gasteiger partial charge is 0.333 e. The SMILES string of the molecule is Clc1ccc(-c2nc3cc[n+](Cc4ccc(Br)cc4)cc3[nH]2)cc1. The summed E-state index contributed by atoms with van der Waals surface area (Å²) in [6, 6.07) is 18.1. The van der Waals surface area contributed by atoms with Crippen molar-refractivity contribution in [3.63, 3.8) is 0 Å². The molecule has 118 valence electrons. The summed E-state index contributed by atoms with van der Waals surface area (Å²) < 4.78 is 3.24. The van der Waals surface area contributed by atoms with E-state index in [-0.39, 0.29) is 0 Å². The van der Waals surface area contributed by atoms with Crippen LogP contribution < -0.4 is 4.57 Å². The van der Waals surface area contributed by atoms with Crippen LogP contribution >= 0.6 is 27.5 Å². The number of aromatic nitrogens is 3. The fourth-order valence-electron chi connectivity index (χ4n) is 2.64. The molecular formula is C19H14BrClN3+. The molecule has 0 fully saturated rings. The van der Waals surface area contributed by atoms with Crippen LogP contribution in [0.15, 0.2) is 71.5 Å². The number of halogens is 2. The first-order valence-electron chi connectivity index (χ1n) is 7.56. The minimum absolute atomic E-state index is 0.724. The molecule has 0 amide bonds. The summed E-state index contributed by atoms with van der Waals surface area (Å²) in [5.41, 5.74) is 4.24. The van der Waals surface area contributed by atoms with Crippen molar-refractivity contribution >= 4 is 38.6 Å². The first-order valence-corrected chi connectivity index (χ1v) is 8.74. The van der Waals surface area contributed by atoms with Gasteiger partial charge < -0.3 is 4.98 Å². The summed E-state index contributed by atoms with van der Waals surface area (Å²) in [5, 5.41) is 0.724. The summed E-state index contributed by atoms with van der Waals surface area (Å²) in [5.74, 6) is 0.850. The van der Waals surface area contributed by atoms with Gasteiger partial charge in [-0.25, -0.2) is 4.98 Å². The van der Waals surface area contributed by atoms with Crippen molar-refractivity contribution in [1.29, 1.82) is 0 Å². The lowest BCUT2D eigenvalue weighted by atomic mass is 10.2. The molecule has 4 rings (SSSR count). The summed E-state index contributed by atoms with van der Waals surface area (Å²) in [6.07, 6.45) is 4.14. The average molecular weight is 400 g/mol. The van der Waals surface area contributed by atoms with E-state index in [0.717, 1.165) is 38.5 Å². The van der Waals surface area contributed by atoms with Gasteiger partial charge >= 0.3 is 0 Å². The maximum absolute atomic E-state index is 5.95. The molecule has 3 nitrogen and oxygen atoms in total. The molecule has 0 aliphatic heterocycles. The van der Waals surface area contributed by atoms with E-state index in [1.54, 1.807) is 0 Å². The van der Waals surface area contributed by atoms with Gasteiger partial charge in [-0.2, -0.15) is 4.57 Å². The van der Waals surface area contributed by atoms with E-state index in [0.29, 0.717) is 0 Å². The number of pyridine rings is 1. The zero-order valence-electron chi connectivity index (χ0n) is 12.7. The van der Waals surface area contributed by atoms with Gasteiger partial charge in [-0.05, 0) is 36.4 Å². The Labute approximate surface area is 153 Å². The highest BCUT2D eigenvalue weighted by Crippen LogP contribution is 2.21. The van der Waals surface area contributed by atoms with E-state index in [2.05, 4.69) is 67.1 Å². The third kappa shape index (κ3) is 3.21. The molecule has 0 saturated heterocycles. The minimum Gasteiger partial charge on any atom is -0.333 e. The normalized spacial score (nSPS) is 11.1. The molecule has 2 aromatic carbocycles. The maximum atomic E-state index is 5.95. The van der Waals surface area contributed by atoms with Gasteiger partial charge in [-0.1, -0.05) is 39.7 Å². The summed E-state index contributed by atoms with van der Waals surface area (Å²) in [4.78, 5) is 8.04. The molecule has 2 aromatic heterocycles. The van der Waals surface area contributed by atoms with Crippen LogP contribution in [0.1, 0.15) is 5.56 Å². The molecule has 4 aromatic rings. The van der Waals surface area contributed by atoms with Crippen molar-refractivity contribution in [2.45, 2.75) is 6.54 Å². The smallest absolute Gasteiger partial charge is 0.195 e. The molecule has 0 bridgehead atoms. The second-order valence-corrected chi connectivity index (χ2v) is 6.99. The Morgan fingerprint density at radius 1 is 1.00 bits per heavy atom. The molecule has 0 saturated carbocycles. The number of hydrogen-bond donors (Lipinski definition) is 1. The number of nitrogens with one attached hydrogen (secondary N) is 1. The average Bonchev–Trinajstić information content (AvgIpc) is 3.01. The van der Waals surface area contributed by atoms with Gasteiger partial charge in [-0.3, -0.25) is 0 Å². The quantitative estimate of drug-likeness (QED) is 0.484. The van der Waals surface area contributed by atoms with Crippen molar-refractivity contribution in [3.8, 4) is 11.4 Å². The van der Waals surface area contributed by atoms with Crippen molar-refractivity contribution in [1.82, 2.24) is 9.97 Å². The lowest BCUT2D eigenvalue weighted by molar-refractivity contribution is -0.687. The van der Waals surface area contributed by atoms with Gasteiger partial charge in [-0.15, -0.1) is 0 Å². The molecule has 1 N–H and O–H groups in total. The van der Waals surface area contributed by atoms with Crippen LogP contribution in [-0.2, 0) is 6.54 Å². The fraction of sp³-hybridized carbons (Fsp3) is 0.0526. The number of fused-ring (bicyclic) bond motifs is 1. The molecule has 5 heteroatoms. The van der Waals surface area contributed by atoms with E-state index in [1.165, 1.54) is 5.56 Å². The third-order valence-electron chi connectivity index (χ3n) is 3.88. The van der Waals surface area contributed by atoms with Gasteiger partial charge in [0.25, 0.3) is 0 Å². The van der Waals surface area contributed by atoms with Crippen LogP contribution in [0.5, 0.6) is 0 Å². The minimum atomic E-state index is 0.724. The van der Waals surface area contributed by atoms with Crippen LogP contribution in [0.2, 0.25) is 5.02 Å². The van der Waals surface area contributed by atoms with Gasteiger partial charge in [0.1, 0.15) is 16.9 Å². The summed E-state index contributed by atoms with van der Waals surface area (Å²) in [6.45, 7) is 0.818. The molecule has 0 spiro atoms. The number of hydrogen-bond acceptors (Lipinski definition) is 1. The van der Waals surface area contributed by atoms with Crippen molar-refractivity contribution in [2.75, 3.05) is 0 Å². The van der Waals surface area contributed by atoms with Crippen molar-refractivity contribution in [2.24, 2.45) is 0 Å². The van der Waals surface area contributed by atoms with Crippen molar-refractivity contribution < 1.29 is 4.57 Å². The van der Waals surface area contributed by atoms with E-state index in [9.17, 15) is 0 Å². The predicted molar refractivity (Wildman–Crippen MR) is 100.0 cm³/mol. The van der Waals surface area contributed by atoms with Gasteiger partial charge in [0, 0.05) is 26.7 Å².